The zero-order valence-electron chi connectivity index (χ0n) is 15.3. The number of carbonyl (C=O) groups is 2. The fourth-order valence-corrected chi connectivity index (χ4v) is 2.93. The number of sulfone groups is 1. The van der Waals surface area contributed by atoms with Crippen molar-refractivity contribution in [3.8, 4) is 5.75 Å². The number of hydrogen-bond acceptors (Lipinski definition) is 6. The van der Waals surface area contributed by atoms with Crippen LogP contribution in [0.25, 0.3) is 0 Å². The normalized spacial score (nSPS) is 12.1. The minimum absolute atomic E-state index is 0.0987. The number of nitrogens with one attached hydrogen (secondary N) is 1. The number of rotatable bonds is 7. The van der Waals surface area contributed by atoms with Gasteiger partial charge in [0.2, 0.25) is 0 Å². The van der Waals surface area contributed by atoms with Gasteiger partial charge in [-0.2, -0.15) is 0 Å². The summed E-state index contributed by atoms with van der Waals surface area (Å²) < 4.78 is 33.2. The summed E-state index contributed by atoms with van der Waals surface area (Å²) in [6.45, 7) is 1.69. The Balaban J connectivity index is 1.94. The molecule has 1 amide bonds. The molecule has 0 radical (unpaired) electrons. The van der Waals surface area contributed by atoms with Gasteiger partial charge in [-0.3, -0.25) is 4.79 Å². The number of esters is 1. The van der Waals surface area contributed by atoms with E-state index in [0.717, 1.165) is 11.8 Å². The summed E-state index contributed by atoms with van der Waals surface area (Å²) in [6.07, 6.45) is 0.0656. The molecule has 8 heteroatoms. The molecule has 0 aliphatic heterocycles. The van der Waals surface area contributed by atoms with Crippen molar-refractivity contribution in [1.82, 2.24) is 5.32 Å². The fourth-order valence-electron chi connectivity index (χ4n) is 2.30. The monoisotopic (exact) mass is 391 g/mol. The lowest BCUT2D eigenvalue weighted by atomic mass is 10.2. The SMILES string of the molecule is COc1ccccc1CNC(=O)[C@@H](C)OC(=O)c1ccc(S(C)(=O)=O)cc1. The molecule has 0 fully saturated rings. The lowest BCUT2D eigenvalue weighted by Crippen LogP contribution is -2.35. The largest absolute Gasteiger partial charge is 0.496 e. The van der Waals surface area contributed by atoms with E-state index in [1.807, 2.05) is 18.2 Å². The molecule has 0 aromatic heterocycles. The molecule has 0 heterocycles. The molecule has 2 aromatic carbocycles. The second-order valence-electron chi connectivity index (χ2n) is 5.87. The van der Waals surface area contributed by atoms with Crippen LogP contribution >= 0.6 is 0 Å². The average Bonchev–Trinajstić information content (AvgIpc) is 2.65. The summed E-state index contributed by atoms with van der Waals surface area (Å²) in [5.74, 6) is -0.523. The number of amides is 1. The van der Waals surface area contributed by atoms with E-state index in [4.69, 9.17) is 9.47 Å². The number of benzene rings is 2. The molecule has 27 heavy (non-hydrogen) atoms. The van der Waals surface area contributed by atoms with Gasteiger partial charge in [0.25, 0.3) is 5.91 Å². The Morgan fingerprint density at radius 1 is 1.07 bits per heavy atom. The molecule has 1 atom stereocenters. The first-order chi connectivity index (χ1) is 12.7. The zero-order chi connectivity index (χ0) is 20.0. The Morgan fingerprint density at radius 2 is 1.70 bits per heavy atom. The first kappa shape index (κ1) is 20.4. The maximum absolute atomic E-state index is 12.2. The molecule has 0 aliphatic carbocycles. The first-order valence-electron chi connectivity index (χ1n) is 8.13. The third kappa shape index (κ3) is 5.55. The molecule has 0 bridgehead atoms. The molecule has 144 valence electrons. The highest BCUT2D eigenvalue weighted by atomic mass is 32.2. The van der Waals surface area contributed by atoms with Crippen LogP contribution in [0.5, 0.6) is 5.75 Å². The fraction of sp³-hybridized carbons (Fsp3) is 0.263. The standard InChI is InChI=1S/C19H21NO6S/c1-13(18(21)20-12-15-6-4-5-7-17(15)25-2)26-19(22)14-8-10-16(11-9-14)27(3,23)24/h4-11,13H,12H2,1-3H3,(H,20,21)/t13-/m1/s1. The number of methoxy groups -OCH3 is 1. The predicted molar refractivity (Wildman–Crippen MR) is 99.3 cm³/mol. The minimum atomic E-state index is -3.35. The summed E-state index contributed by atoms with van der Waals surface area (Å²) in [7, 11) is -1.81. The topological polar surface area (TPSA) is 98.8 Å². The Bertz CT molecular complexity index is 921. The van der Waals surface area contributed by atoms with Crippen LogP contribution in [0.3, 0.4) is 0 Å². The molecule has 0 aliphatic rings. The second-order valence-corrected chi connectivity index (χ2v) is 7.89. The number of hydrogen-bond donors (Lipinski definition) is 1. The van der Waals surface area contributed by atoms with Crippen LogP contribution < -0.4 is 10.1 Å². The van der Waals surface area contributed by atoms with Crippen molar-refractivity contribution < 1.29 is 27.5 Å². The highest BCUT2D eigenvalue weighted by molar-refractivity contribution is 7.90. The Labute approximate surface area is 158 Å². The van der Waals surface area contributed by atoms with Crippen molar-refractivity contribution in [1.29, 1.82) is 0 Å². The van der Waals surface area contributed by atoms with Crippen LogP contribution in [0, 0.1) is 0 Å². The van der Waals surface area contributed by atoms with E-state index >= 15 is 0 Å². The summed E-state index contributed by atoms with van der Waals surface area (Å²) in [6, 6.07) is 12.6. The van der Waals surface area contributed by atoms with Crippen LogP contribution in [0.15, 0.2) is 53.4 Å². The van der Waals surface area contributed by atoms with Gasteiger partial charge >= 0.3 is 5.97 Å². The van der Waals surface area contributed by atoms with Gasteiger partial charge in [-0.1, -0.05) is 18.2 Å². The molecule has 0 unspecified atom stereocenters. The predicted octanol–water partition coefficient (Wildman–Crippen LogP) is 1.96. The first-order valence-corrected chi connectivity index (χ1v) is 10.0. The van der Waals surface area contributed by atoms with Crippen molar-refractivity contribution in [3.63, 3.8) is 0 Å². The van der Waals surface area contributed by atoms with Gasteiger partial charge in [0.1, 0.15) is 5.75 Å². The number of ether oxygens (including phenoxy) is 2. The molecule has 2 rings (SSSR count). The highest BCUT2D eigenvalue weighted by Gasteiger charge is 2.19. The molecular formula is C19H21NO6S. The van der Waals surface area contributed by atoms with E-state index in [2.05, 4.69) is 5.32 Å². The lowest BCUT2D eigenvalue weighted by molar-refractivity contribution is -0.129. The van der Waals surface area contributed by atoms with Crippen molar-refractivity contribution in [3.05, 3.63) is 59.7 Å². The van der Waals surface area contributed by atoms with E-state index in [1.165, 1.54) is 31.2 Å². The van der Waals surface area contributed by atoms with Crippen LogP contribution in [0.4, 0.5) is 0 Å². The van der Waals surface area contributed by atoms with Gasteiger partial charge in [0, 0.05) is 18.4 Å². The van der Waals surface area contributed by atoms with Crippen molar-refractivity contribution in [2.75, 3.05) is 13.4 Å². The third-order valence-electron chi connectivity index (χ3n) is 3.82. The Morgan fingerprint density at radius 3 is 2.30 bits per heavy atom. The smallest absolute Gasteiger partial charge is 0.338 e. The van der Waals surface area contributed by atoms with Gasteiger partial charge in [-0.25, -0.2) is 13.2 Å². The summed E-state index contributed by atoms with van der Waals surface area (Å²) in [5.41, 5.74) is 0.954. The van der Waals surface area contributed by atoms with Gasteiger partial charge in [-0.05, 0) is 37.3 Å². The maximum atomic E-state index is 12.2. The molecule has 2 aromatic rings. The third-order valence-corrected chi connectivity index (χ3v) is 4.95. The van der Waals surface area contributed by atoms with Crippen LogP contribution in [0.2, 0.25) is 0 Å². The molecule has 0 saturated carbocycles. The average molecular weight is 391 g/mol. The summed E-state index contributed by atoms with van der Waals surface area (Å²) in [5, 5.41) is 2.68. The Kier molecular flexibility index (Phi) is 6.57. The molecule has 1 N–H and O–H groups in total. The van der Waals surface area contributed by atoms with Crippen molar-refractivity contribution in [2.24, 2.45) is 0 Å². The molecule has 7 nitrogen and oxygen atoms in total. The number of carbonyl (C=O) groups excluding carboxylic acids is 2. The summed E-state index contributed by atoms with van der Waals surface area (Å²) >= 11 is 0. The van der Waals surface area contributed by atoms with Gasteiger partial charge < -0.3 is 14.8 Å². The Hall–Kier alpha value is -2.87. The van der Waals surface area contributed by atoms with Gasteiger partial charge in [-0.15, -0.1) is 0 Å². The van der Waals surface area contributed by atoms with Gasteiger partial charge in [0.15, 0.2) is 15.9 Å². The van der Waals surface area contributed by atoms with E-state index in [1.54, 1.807) is 13.2 Å². The number of para-hydroxylation sites is 1. The van der Waals surface area contributed by atoms with Gasteiger partial charge in [0.05, 0.1) is 17.6 Å². The van der Waals surface area contributed by atoms with E-state index in [-0.39, 0.29) is 17.0 Å². The summed E-state index contributed by atoms with van der Waals surface area (Å²) in [4.78, 5) is 24.4. The van der Waals surface area contributed by atoms with Crippen molar-refractivity contribution >= 4 is 21.7 Å². The van der Waals surface area contributed by atoms with E-state index in [0.29, 0.717) is 5.75 Å². The molecule has 0 spiro atoms. The lowest BCUT2D eigenvalue weighted by Gasteiger charge is -2.14. The maximum Gasteiger partial charge on any atom is 0.338 e. The highest BCUT2D eigenvalue weighted by Crippen LogP contribution is 2.17. The van der Waals surface area contributed by atoms with E-state index in [9.17, 15) is 18.0 Å². The second kappa shape index (κ2) is 8.68. The van der Waals surface area contributed by atoms with Crippen LogP contribution in [-0.4, -0.2) is 39.8 Å². The zero-order valence-corrected chi connectivity index (χ0v) is 16.1. The van der Waals surface area contributed by atoms with E-state index < -0.39 is 27.8 Å². The van der Waals surface area contributed by atoms with Crippen LogP contribution in [-0.2, 0) is 25.9 Å². The molecule has 0 saturated heterocycles. The minimum Gasteiger partial charge on any atom is -0.496 e. The molecular weight excluding hydrogens is 370 g/mol. The quantitative estimate of drug-likeness (QED) is 0.725. The van der Waals surface area contributed by atoms with Crippen LogP contribution in [0.1, 0.15) is 22.8 Å². The van der Waals surface area contributed by atoms with Crippen molar-refractivity contribution in [2.45, 2.75) is 24.5 Å².